The van der Waals surface area contributed by atoms with E-state index >= 15 is 0 Å². The largest absolute Gasteiger partial charge is 0.387 e. The number of likely N-dealkylation sites (tertiary alicyclic amines) is 1. The van der Waals surface area contributed by atoms with E-state index in [9.17, 15) is 0 Å². The van der Waals surface area contributed by atoms with Gasteiger partial charge in [-0.3, -0.25) is 5.41 Å². The molecule has 3 heteroatoms. The molecule has 1 saturated heterocycles. The summed E-state index contributed by atoms with van der Waals surface area (Å²) >= 11 is 0. The average molecular weight is 253 g/mol. The van der Waals surface area contributed by atoms with Gasteiger partial charge < -0.3 is 10.6 Å². The van der Waals surface area contributed by atoms with Crippen molar-refractivity contribution in [1.29, 1.82) is 5.41 Å². The number of nitrogens with two attached hydrogens (primary N) is 1. The third-order valence-electron chi connectivity index (χ3n) is 4.47. The highest BCUT2D eigenvalue weighted by atomic mass is 15.2. The Morgan fingerprint density at radius 2 is 1.94 bits per heavy atom. The number of nitrogens with one attached hydrogen (secondary N) is 1. The second-order valence-electron chi connectivity index (χ2n) is 6.78. The number of rotatable bonds is 6. The molecule has 1 aliphatic rings. The fourth-order valence-corrected chi connectivity index (χ4v) is 2.71. The van der Waals surface area contributed by atoms with Crippen molar-refractivity contribution in [2.24, 2.45) is 17.1 Å². The van der Waals surface area contributed by atoms with Crippen LogP contribution in [0.5, 0.6) is 0 Å². The maximum Gasteiger partial charge on any atom is 0.0963 e. The molecule has 2 unspecified atom stereocenters. The zero-order valence-corrected chi connectivity index (χ0v) is 12.6. The van der Waals surface area contributed by atoms with E-state index in [1.807, 2.05) is 0 Å². The standard InChI is InChI=1S/C15H31N3/c1-12-7-8-13(2)18(11-12)10-6-5-9-15(3,4)14(16)17/h12-13H,5-11H2,1-4H3,(H3,16,17). The molecule has 0 aromatic carbocycles. The molecule has 0 aromatic rings. The molecule has 0 aliphatic carbocycles. The molecule has 1 heterocycles. The zero-order chi connectivity index (χ0) is 13.8. The van der Waals surface area contributed by atoms with Gasteiger partial charge in [0.05, 0.1) is 5.84 Å². The number of unbranched alkanes of at least 4 members (excludes halogenated alkanes) is 1. The van der Waals surface area contributed by atoms with E-state index in [-0.39, 0.29) is 5.41 Å². The fourth-order valence-electron chi connectivity index (χ4n) is 2.71. The molecule has 1 aliphatic heterocycles. The minimum absolute atomic E-state index is 0.124. The van der Waals surface area contributed by atoms with Crippen molar-refractivity contribution >= 4 is 5.84 Å². The van der Waals surface area contributed by atoms with Gasteiger partial charge in [-0.1, -0.05) is 27.2 Å². The molecular formula is C15H31N3. The van der Waals surface area contributed by atoms with Crippen LogP contribution in [0.3, 0.4) is 0 Å². The SMILES string of the molecule is CC1CCC(C)N(CCCCC(C)(C)C(=N)N)C1. The first kappa shape index (κ1) is 15.5. The Balaban J connectivity index is 2.23. The molecule has 2 atom stereocenters. The molecule has 3 nitrogen and oxygen atoms in total. The Hall–Kier alpha value is -0.570. The highest BCUT2D eigenvalue weighted by Crippen LogP contribution is 2.24. The summed E-state index contributed by atoms with van der Waals surface area (Å²) in [5.74, 6) is 1.18. The van der Waals surface area contributed by atoms with E-state index in [0.29, 0.717) is 5.84 Å². The number of nitrogens with zero attached hydrogens (tertiary/aromatic N) is 1. The number of piperidine rings is 1. The van der Waals surface area contributed by atoms with Gasteiger partial charge in [-0.2, -0.15) is 0 Å². The topological polar surface area (TPSA) is 53.1 Å². The molecule has 18 heavy (non-hydrogen) atoms. The molecule has 0 spiro atoms. The lowest BCUT2D eigenvalue weighted by Crippen LogP contribution is -2.41. The summed E-state index contributed by atoms with van der Waals surface area (Å²) < 4.78 is 0. The van der Waals surface area contributed by atoms with Crippen molar-refractivity contribution in [3.8, 4) is 0 Å². The predicted molar refractivity (Wildman–Crippen MR) is 79.0 cm³/mol. The van der Waals surface area contributed by atoms with Crippen LogP contribution in [-0.2, 0) is 0 Å². The Morgan fingerprint density at radius 3 is 2.56 bits per heavy atom. The highest BCUT2D eigenvalue weighted by molar-refractivity contribution is 5.82. The van der Waals surface area contributed by atoms with Crippen LogP contribution in [0.2, 0.25) is 0 Å². The highest BCUT2D eigenvalue weighted by Gasteiger charge is 2.23. The Kier molecular flexibility index (Phi) is 5.64. The smallest absolute Gasteiger partial charge is 0.0963 e. The van der Waals surface area contributed by atoms with Crippen molar-refractivity contribution in [2.45, 2.75) is 65.8 Å². The molecule has 0 saturated carbocycles. The monoisotopic (exact) mass is 253 g/mol. The fraction of sp³-hybridized carbons (Fsp3) is 0.933. The molecule has 3 N–H and O–H groups in total. The van der Waals surface area contributed by atoms with E-state index < -0.39 is 0 Å². The maximum absolute atomic E-state index is 7.55. The normalized spacial score (nSPS) is 26.2. The number of hydrogen-bond donors (Lipinski definition) is 2. The minimum atomic E-state index is -0.124. The average Bonchev–Trinajstić information content (AvgIpc) is 2.28. The van der Waals surface area contributed by atoms with Gasteiger partial charge in [0.25, 0.3) is 0 Å². The zero-order valence-electron chi connectivity index (χ0n) is 12.6. The molecule has 106 valence electrons. The van der Waals surface area contributed by atoms with Gasteiger partial charge >= 0.3 is 0 Å². The number of hydrogen-bond acceptors (Lipinski definition) is 2. The van der Waals surface area contributed by atoms with Crippen LogP contribution in [0.15, 0.2) is 0 Å². The van der Waals surface area contributed by atoms with Crippen LogP contribution in [-0.4, -0.2) is 29.9 Å². The van der Waals surface area contributed by atoms with Crippen molar-refractivity contribution in [1.82, 2.24) is 4.90 Å². The van der Waals surface area contributed by atoms with E-state index in [4.69, 9.17) is 11.1 Å². The quantitative estimate of drug-likeness (QED) is 0.434. The van der Waals surface area contributed by atoms with E-state index in [1.165, 1.54) is 38.8 Å². The minimum Gasteiger partial charge on any atom is -0.387 e. The van der Waals surface area contributed by atoms with Crippen LogP contribution in [0, 0.1) is 16.7 Å². The van der Waals surface area contributed by atoms with Gasteiger partial charge in [-0.05, 0) is 45.1 Å². The second kappa shape index (κ2) is 6.55. The summed E-state index contributed by atoms with van der Waals surface area (Å²) in [6.07, 6.45) is 6.16. The van der Waals surface area contributed by atoms with Gasteiger partial charge in [0.15, 0.2) is 0 Å². The summed E-state index contributed by atoms with van der Waals surface area (Å²) in [7, 11) is 0. The molecule has 0 amide bonds. The third kappa shape index (κ3) is 4.60. The van der Waals surface area contributed by atoms with Crippen LogP contribution in [0.1, 0.15) is 59.8 Å². The van der Waals surface area contributed by atoms with Gasteiger partial charge in [-0.15, -0.1) is 0 Å². The first-order valence-electron chi connectivity index (χ1n) is 7.41. The first-order chi connectivity index (χ1) is 8.33. The van der Waals surface area contributed by atoms with Gasteiger partial charge in [0, 0.05) is 18.0 Å². The van der Waals surface area contributed by atoms with Crippen molar-refractivity contribution < 1.29 is 0 Å². The lowest BCUT2D eigenvalue weighted by Gasteiger charge is -2.37. The van der Waals surface area contributed by atoms with Crippen LogP contribution in [0.4, 0.5) is 0 Å². The van der Waals surface area contributed by atoms with Crippen LogP contribution >= 0.6 is 0 Å². The first-order valence-corrected chi connectivity index (χ1v) is 7.41. The van der Waals surface area contributed by atoms with E-state index in [0.717, 1.165) is 18.4 Å². The Labute approximate surface area is 113 Å². The Morgan fingerprint density at radius 1 is 1.28 bits per heavy atom. The summed E-state index contributed by atoms with van der Waals surface area (Å²) in [5.41, 5.74) is 5.48. The summed E-state index contributed by atoms with van der Waals surface area (Å²) in [6, 6.07) is 0.752. The predicted octanol–water partition coefficient (Wildman–Crippen LogP) is 3.24. The van der Waals surface area contributed by atoms with E-state index in [1.54, 1.807) is 0 Å². The summed E-state index contributed by atoms with van der Waals surface area (Å²) in [6.45, 7) is 11.3. The molecule has 0 bridgehead atoms. The lowest BCUT2D eigenvalue weighted by molar-refractivity contribution is 0.122. The lowest BCUT2D eigenvalue weighted by atomic mass is 9.86. The summed E-state index contributed by atoms with van der Waals surface area (Å²) in [4.78, 5) is 2.63. The van der Waals surface area contributed by atoms with E-state index in [2.05, 4.69) is 32.6 Å². The molecule has 0 radical (unpaired) electrons. The van der Waals surface area contributed by atoms with Crippen LogP contribution < -0.4 is 5.73 Å². The van der Waals surface area contributed by atoms with Crippen molar-refractivity contribution in [3.05, 3.63) is 0 Å². The van der Waals surface area contributed by atoms with Crippen LogP contribution in [0.25, 0.3) is 0 Å². The molecule has 0 aromatic heterocycles. The second-order valence-corrected chi connectivity index (χ2v) is 6.78. The van der Waals surface area contributed by atoms with Gasteiger partial charge in [-0.25, -0.2) is 0 Å². The number of amidine groups is 1. The molecule has 1 fully saturated rings. The van der Waals surface area contributed by atoms with Gasteiger partial charge in [0.2, 0.25) is 0 Å². The maximum atomic E-state index is 7.55. The van der Waals surface area contributed by atoms with Gasteiger partial charge in [0.1, 0.15) is 0 Å². The summed E-state index contributed by atoms with van der Waals surface area (Å²) in [5, 5.41) is 7.55. The molecule has 1 rings (SSSR count). The van der Waals surface area contributed by atoms with Crippen molar-refractivity contribution in [3.63, 3.8) is 0 Å². The Bertz CT molecular complexity index is 273. The van der Waals surface area contributed by atoms with Crippen molar-refractivity contribution in [2.75, 3.05) is 13.1 Å². The third-order valence-corrected chi connectivity index (χ3v) is 4.47. The molecular weight excluding hydrogens is 222 g/mol.